The Morgan fingerprint density at radius 1 is 0.900 bits per heavy atom. The van der Waals surface area contributed by atoms with Crippen molar-refractivity contribution in [3.8, 4) is 0 Å². The highest BCUT2D eigenvalue weighted by Gasteiger charge is 2.32. The first kappa shape index (κ1) is 20.7. The number of hydrogen-bond donors (Lipinski definition) is 1. The number of carboxylic acids is 1. The van der Waals surface area contributed by atoms with E-state index in [1.807, 2.05) is 43.3 Å². The summed E-state index contributed by atoms with van der Waals surface area (Å²) in [5.41, 5.74) is -0.0681. The Morgan fingerprint density at radius 3 is 2.00 bits per heavy atom. The summed E-state index contributed by atoms with van der Waals surface area (Å²) < 4.78 is 5.71. The Labute approximate surface area is 172 Å². The van der Waals surface area contributed by atoms with Crippen molar-refractivity contribution in [1.29, 1.82) is 0 Å². The zero-order valence-electron chi connectivity index (χ0n) is 16.1. The fraction of sp³-hybridized carbons (Fsp3) is 0.130. The molecule has 7 nitrogen and oxygen atoms in total. The minimum Gasteiger partial charge on any atom is -0.478 e. The zero-order chi connectivity index (χ0) is 21.7. The maximum absolute atomic E-state index is 13.0. The molecule has 1 N–H and O–H groups in total. The van der Waals surface area contributed by atoms with Crippen LogP contribution in [0.4, 0.5) is 5.69 Å². The van der Waals surface area contributed by atoms with Crippen molar-refractivity contribution in [2.24, 2.45) is 0 Å². The number of aromatic carboxylic acids is 1. The Kier molecular flexibility index (Phi) is 6.22. The number of rotatable bonds is 7. The Morgan fingerprint density at radius 2 is 1.47 bits per heavy atom. The summed E-state index contributed by atoms with van der Waals surface area (Å²) in [5, 5.41) is 20.8. The third kappa shape index (κ3) is 4.35. The zero-order valence-corrected chi connectivity index (χ0v) is 16.1. The molecule has 0 aromatic heterocycles. The van der Waals surface area contributed by atoms with Crippen LogP contribution in [0, 0.1) is 10.1 Å². The highest BCUT2D eigenvalue weighted by molar-refractivity contribution is 6.05. The van der Waals surface area contributed by atoms with Crippen molar-refractivity contribution < 1.29 is 24.4 Å². The predicted molar refractivity (Wildman–Crippen MR) is 110 cm³/mol. The molecule has 0 aliphatic rings. The van der Waals surface area contributed by atoms with Gasteiger partial charge in [0.2, 0.25) is 0 Å². The van der Waals surface area contributed by atoms with Crippen molar-refractivity contribution in [2.45, 2.75) is 18.9 Å². The molecule has 0 bridgehead atoms. The molecule has 0 fully saturated rings. The van der Waals surface area contributed by atoms with E-state index >= 15 is 0 Å². The molecule has 30 heavy (non-hydrogen) atoms. The van der Waals surface area contributed by atoms with Gasteiger partial charge in [0.15, 0.2) is 5.56 Å². The fourth-order valence-electron chi connectivity index (χ4n) is 3.29. The standard InChI is InChI=1S/C23H19NO6/c1-15(16-9-4-2-5-10-16)21(17-11-6-3-7-12-17)30-23(27)20-18(22(25)26)13-8-14-19(20)24(28)29/h2-15,21H,1H3,(H,25,26). The van der Waals surface area contributed by atoms with E-state index in [0.29, 0.717) is 5.56 Å². The van der Waals surface area contributed by atoms with Gasteiger partial charge < -0.3 is 9.84 Å². The molecule has 3 aromatic rings. The second kappa shape index (κ2) is 9.00. The van der Waals surface area contributed by atoms with E-state index in [1.54, 1.807) is 24.3 Å². The lowest BCUT2D eigenvalue weighted by molar-refractivity contribution is -0.385. The van der Waals surface area contributed by atoms with E-state index in [2.05, 4.69) is 0 Å². The lowest BCUT2D eigenvalue weighted by atomic mass is 9.90. The van der Waals surface area contributed by atoms with Gasteiger partial charge in [-0.25, -0.2) is 9.59 Å². The maximum Gasteiger partial charge on any atom is 0.346 e. The molecule has 0 spiro atoms. The van der Waals surface area contributed by atoms with Crippen molar-refractivity contribution in [3.05, 3.63) is 111 Å². The predicted octanol–water partition coefficient (Wildman–Crippen LogP) is 4.99. The molecule has 2 atom stereocenters. The number of esters is 1. The number of carboxylic acid groups (broad SMARTS) is 1. The van der Waals surface area contributed by atoms with Gasteiger partial charge in [-0.05, 0) is 17.2 Å². The van der Waals surface area contributed by atoms with E-state index in [-0.39, 0.29) is 5.92 Å². The summed E-state index contributed by atoms with van der Waals surface area (Å²) >= 11 is 0. The number of nitro benzene ring substituents is 1. The minimum absolute atomic E-state index is 0.284. The molecule has 3 aromatic carbocycles. The molecule has 7 heteroatoms. The number of nitrogens with zero attached hydrogens (tertiary/aromatic N) is 1. The van der Waals surface area contributed by atoms with E-state index in [4.69, 9.17) is 4.74 Å². The summed E-state index contributed by atoms with van der Waals surface area (Å²) in [6, 6.07) is 21.8. The average molecular weight is 405 g/mol. The van der Waals surface area contributed by atoms with Gasteiger partial charge in [0.25, 0.3) is 5.69 Å². The topological polar surface area (TPSA) is 107 Å². The first-order chi connectivity index (χ1) is 14.4. The van der Waals surface area contributed by atoms with Gasteiger partial charge in [-0.2, -0.15) is 0 Å². The highest BCUT2D eigenvalue weighted by atomic mass is 16.6. The largest absolute Gasteiger partial charge is 0.478 e. The van der Waals surface area contributed by atoms with Crippen LogP contribution in [0.2, 0.25) is 0 Å². The van der Waals surface area contributed by atoms with Gasteiger partial charge in [0, 0.05) is 12.0 Å². The van der Waals surface area contributed by atoms with Crippen LogP contribution < -0.4 is 0 Å². The Bertz CT molecular complexity index is 1030. The second-order valence-electron chi connectivity index (χ2n) is 6.70. The minimum atomic E-state index is -1.45. The molecule has 2 unspecified atom stereocenters. The van der Waals surface area contributed by atoms with Crippen molar-refractivity contribution in [2.75, 3.05) is 0 Å². The molecule has 0 aliphatic carbocycles. The van der Waals surface area contributed by atoms with Crippen LogP contribution in [-0.2, 0) is 4.74 Å². The first-order valence-electron chi connectivity index (χ1n) is 9.21. The third-order valence-corrected chi connectivity index (χ3v) is 4.82. The highest BCUT2D eigenvalue weighted by Crippen LogP contribution is 2.35. The number of carbonyl (C=O) groups is 2. The number of benzene rings is 3. The van der Waals surface area contributed by atoms with Gasteiger partial charge in [-0.15, -0.1) is 0 Å². The van der Waals surface area contributed by atoms with E-state index < -0.39 is 39.8 Å². The number of hydrogen-bond acceptors (Lipinski definition) is 5. The summed E-state index contributed by atoms with van der Waals surface area (Å²) in [7, 11) is 0. The molecule has 0 aliphatic heterocycles. The van der Waals surface area contributed by atoms with E-state index in [0.717, 1.165) is 17.7 Å². The lowest BCUT2D eigenvalue weighted by Crippen LogP contribution is -2.20. The van der Waals surface area contributed by atoms with Crippen molar-refractivity contribution >= 4 is 17.6 Å². The van der Waals surface area contributed by atoms with Crippen LogP contribution in [0.5, 0.6) is 0 Å². The molecule has 3 rings (SSSR count). The van der Waals surface area contributed by atoms with Crippen LogP contribution in [0.3, 0.4) is 0 Å². The Hall–Kier alpha value is -4.00. The van der Waals surface area contributed by atoms with E-state index in [9.17, 15) is 24.8 Å². The third-order valence-electron chi connectivity index (χ3n) is 4.82. The summed E-state index contributed by atoms with van der Waals surface area (Å²) in [5.74, 6) is -2.79. The number of ether oxygens (including phenoxy) is 1. The molecule has 0 radical (unpaired) electrons. The summed E-state index contributed by atoms with van der Waals surface area (Å²) in [6.45, 7) is 1.87. The molecule has 152 valence electrons. The fourth-order valence-corrected chi connectivity index (χ4v) is 3.29. The maximum atomic E-state index is 13.0. The first-order valence-corrected chi connectivity index (χ1v) is 9.21. The molecular weight excluding hydrogens is 386 g/mol. The monoisotopic (exact) mass is 405 g/mol. The number of carbonyl (C=O) groups excluding carboxylic acids is 1. The van der Waals surface area contributed by atoms with Crippen LogP contribution in [-0.4, -0.2) is 22.0 Å². The summed E-state index contributed by atoms with van der Waals surface area (Å²) in [4.78, 5) is 35.2. The SMILES string of the molecule is CC(c1ccccc1)C(OC(=O)c1c(C(=O)O)cccc1[N+](=O)[O-])c1ccccc1. The van der Waals surface area contributed by atoms with E-state index in [1.165, 1.54) is 6.07 Å². The average Bonchev–Trinajstić information content (AvgIpc) is 2.77. The molecule has 0 heterocycles. The second-order valence-corrected chi connectivity index (χ2v) is 6.70. The number of nitro groups is 1. The van der Waals surface area contributed by atoms with Crippen LogP contribution >= 0.6 is 0 Å². The van der Waals surface area contributed by atoms with Crippen molar-refractivity contribution in [1.82, 2.24) is 0 Å². The smallest absolute Gasteiger partial charge is 0.346 e. The van der Waals surface area contributed by atoms with Gasteiger partial charge in [-0.1, -0.05) is 73.7 Å². The summed E-state index contributed by atoms with van der Waals surface area (Å²) in [6.07, 6.45) is -0.775. The lowest BCUT2D eigenvalue weighted by Gasteiger charge is -2.25. The normalized spacial score (nSPS) is 12.6. The Balaban J connectivity index is 2.05. The molecule has 0 saturated carbocycles. The van der Waals surface area contributed by atoms with Gasteiger partial charge >= 0.3 is 11.9 Å². The van der Waals surface area contributed by atoms with Crippen LogP contribution in [0.25, 0.3) is 0 Å². The molecule has 0 saturated heterocycles. The van der Waals surface area contributed by atoms with Crippen LogP contribution in [0.1, 0.15) is 50.8 Å². The quantitative estimate of drug-likeness (QED) is 0.337. The molecule has 0 amide bonds. The van der Waals surface area contributed by atoms with Crippen LogP contribution in [0.15, 0.2) is 78.9 Å². The van der Waals surface area contributed by atoms with Gasteiger partial charge in [-0.3, -0.25) is 10.1 Å². The van der Waals surface area contributed by atoms with Gasteiger partial charge in [0.1, 0.15) is 6.10 Å². The molecular formula is C23H19NO6. The van der Waals surface area contributed by atoms with Gasteiger partial charge in [0.05, 0.1) is 10.5 Å². The van der Waals surface area contributed by atoms with Crippen molar-refractivity contribution in [3.63, 3.8) is 0 Å².